The van der Waals surface area contributed by atoms with Crippen LogP contribution >= 0.6 is 11.3 Å². The van der Waals surface area contributed by atoms with Crippen LogP contribution in [-0.2, 0) is 11.3 Å². The molecule has 8 heteroatoms. The second-order valence-electron chi connectivity index (χ2n) is 6.01. The first kappa shape index (κ1) is 13.3. The molecule has 0 radical (unpaired) electrons. The van der Waals surface area contributed by atoms with Crippen LogP contribution in [0.1, 0.15) is 28.6 Å². The minimum absolute atomic E-state index is 0.0158. The molecular weight excluding hydrogens is 314 g/mol. The zero-order chi connectivity index (χ0) is 15.4. The van der Waals surface area contributed by atoms with Gasteiger partial charge in [0.2, 0.25) is 0 Å². The van der Waals surface area contributed by atoms with Gasteiger partial charge in [-0.15, -0.1) is 16.4 Å². The zero-order valence-electron chi connectivity index (χ0n) is 12.3. The second kappa shape index (κ2) is 4.90. The molecule has 0 saturated carbocycles. The first-order valence-corrected chi connectivity index (χ1v) is 8.54. The lowest BCUT2D eigenvalue weighted by Gasteiger charge is -2.40. The number of ether oxygens (including phenoxy) is 1. The summed E-state index contributed by atoms with van der Waals surface area (Å²) in [7, 11) is 0. The van der Waals surface area contributed by atoms with Crippen molar-refractivity contribution in [3.8, 4) is 0 Å². The second-order valence-corrected chi connectivity index (χ2v) is 6.96. The molecule has 1 N–H and O–H groups in total. The fourth-order valence-electron chi connectivity index (χ4n) is 3.51. The van der Waals surface area contributed by atoms with Gasteiger partial charge < -0.3 is 14.6 Å². The van der Waals surface area contributed by atoms with Crippen LogP contribution in [0, 0.1) is 0 Å². The van der Waals surface area contributed by atoms with Gasteiger partial charge in [-0.1, -0.05) is 5.21 Å². The average Bonchev–Trinajstić information content (AvgIpc) is 3.28. The Bertz CT molecular complexity index is 853. The number of nitrogens with zero attached hydrogens (tertiary/aromatic N) is 4. The number of H-pyrrole nitrogens is 1. The average molecular weight is 329 g/mol. The minimum Gasteiger partial charge on any atom is -0.368 e. The van der Waals surface area contributed by atoms with E-state index in [1.807, 2.05) is 27.1 Å². The Morgan fingerprint density at radius 2 is 2.43 bits per heavy atom. The molecule has 3 aromatic heterocycles. The lowest BCUT2D eigenvalue weighted by molar-refractivity contribution is -0.0628. The topological polar surface area (TPSA) is 76.0 Å². The van der Waals surface area contributed by atoms with Crippen molar-refractivity contribution in [3.63, 3.8) is 0 Å². The van der Waals surface area contributed by atoms with Gasteiger partial charge in [0, 0.05) is 13.1 Å². The molecule has 2 aliphatic rings. The van der Waals surface area contributed by atoms with E-state index in [1.54, 1.807) is 17.5 Å². The molecule has 5 heterocycles. The number of hydrogen-bond donors (Lipinski definition) is 1. The molecule has 23 heavy (non-hydrogen) atoms. The maximum atomic E-state index is 12.7. The lowest BCUT2D eigenvalue weighted by atomic mass is 10.00. The monoisotopic (exact) mass is 329 g/mol. The van der Waals surface area contributed by atoms with Crippen LogP contribution in [0.25, 0.3) is 10.2 Å². The van der Waals surface area contributed by atoms with Crippen molar-refractivity contribution < 1.29 is 9.53 Å². The number of nitrogens with one attached hydrogen (secondary N) is 1. The lowest BCUT2D eigenvalue weighted by Crippen LogP contribution is -2.50. The fourth-order valence-corrected chi connectivity index (χ4v) is 4.29. The van der Waals surface area contributed by atoms with Crippen molar-refractivity contribution in [1.29, 1.82) is 0 Å². The quantitative estimate of drug-likeness (QED) is 0.739. The summed E-state index contributed by atoms with van der Waals surface area (Å²) in [6.07, 6.45) is 2.57. The Labute approximate surface area is 135 Å². The Morgan fingerprint density at radius 3 is 3.35 bits per heavy atom. The maximum absolute atomic E-state index is 12.7. The molecular formula is C15H15N5O2S. The van der Waals surface area contributed by atoms with Crippen LogP contribution in [0.15, 0.2) is 23.7 Å². The van der Waals surface area contributed by atoms with Gasteiger partial charge in [-0.2, -0.15) is 0 Å². The Balaban J connectivity index is 1.37. The number of aromatic amines is 1. The summed E-state index contributed by atoms with van der Waals surface area (Å²) in [5.74, 6) is 0.0415. The van der Waals surface area contributed by atoms with Crippen molar-refractivity contribution in [2.24, 2.45) is 0 Å². The summed E-state index contributed by atoms with van der Waals surface area (Å²) in [5, 5.41) is 10.2. The number of carbonyl (C=O) groups is 1. The van der Waals surface area contributed by atoms with E-state index in [1.165, 1.54) is 0 Å². The highest BCUT2D eigenvalue weighted by Crippen LogP contribution is 2.31. The summed E-state index contributed by atoms with van der Waals surface area (Å²) >= 11 is 1.64. The molecule has 5 rings (SSSR count). The third-order valence-corrected chi connectivity index (χ3v) is 5.55. The van der Waals surface area contributed by atoms with Crippen LogP contribution in [0.4, 0.5) is 0 Å². The SMILES string of the molecule is O=C(c1cc2sccc2[nH]1)N1CC[C@H]2[C@H](C1)OCc1cnnn12. The molecule has 1 saturated heterocycles. The summed E-state index contributed by atoms with van der Waals surface area (Å²) in [6.45, 7) is 1.80. The molecule has 1 fully saturated rings. The van der Waals surface area contributed by atoms with Crippen LogP contribution < -0.4 is 0 Å². The van der Waals surface area contributed by atoms with Crippen LogP contribution in [0.2, 0.25) is 0 Å². The number of hydrogen-bond acceptors (Lipinski definition) is 5. The van der Waals surface area contributed by atoms with Crippen molar-refractivity contribution in [3.05, 3.63) is 35.1 Å². The Morgan fingerprint density at radius 1 is 1.48 bits per heavy atom. The van der Waals surface area contributed by atoms with Crippen molar-refractivity contribution >= 4 is 27.5 Å². The molecule has 1 amide bonds. The van der Waals surface area contributed by atoms with Crippen molar-refractivity contribution in [2.75, 3.05) is 13.1 Å². The number of rotatable bonds is 1. The largest absolute Gasteiger partial charge is 0.368 e. The van der Waals surface area contributed by atoms with Gasteiger partial charge in [-0.25, -0.2) is 4.68 Å². The van der Waals surface area contributed by atoms with E-state index in [0.29, 0.717) is 25.4 Å². The number of likely N-dealkylation sites (tertiary alicyclic amines) is 1. The van der Waals surface area contributed by atoms with Gasteiger partial charge in [-0.05, 0) is 23.9 Å². The van der Waals surface area contributed by atoms with E-state index in [0.717, 1.165) is 22.3 Å². The highest BCUT2D eigenvalue weighted by Gasteiger charge is 2.38. The smallest absolute Gasteiger partial charge is 0.270 e. The summed E-state index contributed by atoms with van der Waals surface area (Å²) < 4.78 is 9.00. The molecule has 118 valence electrons. The van der Waals surface area contributed by atoms with E-state index < -0.39 is 0 Å². The van der Waals surface area contributed by atoms with Gasteiger partial charge in [-0.3, -0.25) is 4.79 Å². The van der Waals surface area contributed by atoms with E-state index in [-0.39, 0.29) is 18.1 Å². The van der Waals surface area contributed by atoms with Gasteiger partial charge >= 0.3 is 0 Å². The number of fused-ring (bicyclic) bond motifs is 4. The van der Waals surface area contributed by atoms with Crippen LogP contribution in [0.3, 0.4) is 0 Å². The zero-order valence-corrected chi connectivity index (χ0v) is 13.1. The summed E-state index contributed by atoms with van der Waals surface area (Å²) in [6, 6.07) is 4.11. The Kier molecular flexibility index (Phi) is 2.83. The van der Waals surface area contributed by atoms with Gasteiger partial charge in [0.05, 0.1) is 40.9 Å². The molecule has 0 bridgehead atoms. The van der Waals surface area contributed by atoms with Gasteiger partial charge in [0.15, 0.2) is 0 Å². The molecule has 0 aromatic carbocycles. The molecule has 7 nitrogen and oxygen atoms in total. The van der Waals surface area contributed by atoms with Crippen LogP contribution in [-0.4, -0.2) is 50.0 Å². The first-order valence-electron chi connectivity index (χ1n) is 7.66. The third-order valence-electron chi connectivity index (χ3n) is 4.69. The number of carbonyl (C=O) groups excluding carboxylic acids is 1. The standard InChI is InChI=1S/C15H15N5O2S/c21-15(11-5-14-10(17-11)2-4-23-14)19-3-1-12-13(7-19)22-8-9-6-16-18-20(9)12/h2,4-6,12-13,17H,1,3,7-8H2/t12-,13-/m0/s1. The molecule has 2 aliphatic heterocycles. The van der Waals surface area contributed by atoms with Gasteiger partial charge in [0.25, 0.3) is 5.91 Å². The van der Waals surface area contributed by atoms with Gasteiger partial charge in [0.1, 0.15) is 5.69 Å². The molecule has 0 spiro atoms. The normalized spacial score (nSPS) is 23.7. The van der Waals surface area contributed by atoms with Crippen molar-refractivity contribution in [1.82, 2.24) is 24.9 Å². The molecule has 3 aromatic rings. The van der Waals surface area contributed by atoms with Crippen LogP contribution in [0.5, 0.6) is 0 Å². The third kappa shape index (κ3) is 2.02. The highest BCUT2D eigenvalue weighted by molar-refractivity contribution is 7.17. The molecule has 0 aliphatic carbocycles. The maximum Gasteiger partial charge on any atom is 0.270 e. The van der Waals surface area contributed by atoms with E-state index >= 15 is 0 Å². The van der Waals surface area contributed by atoms with E-state index in [9.17, 15) is 4.79 Å². The fraction of sp³-hybridized carbons (Fsp3) is 0.400. The summed E-state index contributed by atoms with van der Waals surface area (Å²) in [5.41, 5.74) is 2.69. The Hall–Kier alpha value is -2.19. The minimum atomic E-state index is -0.0158. The van der Waals surface area contributed by atoms with E-state index in [4.69, 9.17) is 4.74 Å². The van der Waals surface area contributed by atoms with E-state index in [2.05, 4.69) is 15.3 Å². The molecule has 0 unspecified atom stereocenters. The first-order chi connectivity index (χ1) is 11.3. The predicted octanol–water partition coefficient (Wildman–Crippen LogP) is 1.81. The number of piperidine rings is 1. The number of amides is 1. The predicted molar refractivity (Wildman–Crippen MR) is 84.3 cm³/mol. The van der Waals surface area contributed by atoms with Crippen molar-refractivity contribution in [2.45, 2.75) is 25.2 Å². The summed E-state index contributed by atoms with van der Waals surface area (Å²) in [4.78, 5) is 17.8. The number of thiophene rings is 1. The molecule has 2 atom stereocenters. The number of aromatic nitrogens is 4. The highest BCUT2D eigenvalue weighted by atomic mass is 32.1.